The maximum Gasteiger partial charge on any atom is 0.123 e. The predicted octanol–water partition coefficient (Wildman–Crippen LogP) is 4.55. The second-order valence-electron chi connectivity index (χ2n) is 6.42. The molecule has 0 aromatic heterocycles. The molecule has 0 unspecified atom stereocenters. The molecule has 0 atom stereocenters. The second-order valence-corrected chi connectivity index (χ2v) is 6.42. The number of aldehydes is 1. The van der Waals surface area contributed by atoms with Gasteiger partial charge in [-0.3, -0.25) is 4.39 Å². The number of rotatable bonds is 5. The highest BCUT2D eigenvalue weighted by Gasteiger charge is 2.30. The summed E-state index contributed by atoms with van der Waals surface area (Å²) in [5.41, 5.74) is 0. The lowest BCUT2D eigenvalue weighted by molar-refractivity contribution is -0.112. The van der Waals surface area contributed by atoms with E-state index in [1.165, 1.54) is 38.5 Å². The van der Waals surface area contributed by atoms with Crippen molar-refractivity contribution in [2.24, 2.45) is 23.7 Å². The highest BCUT2D eigenvalue weighted by molar-refractivity contribution is 5.53. The minimum absolute atomic E-state index is 0.143. The summed E-state index contributed by atoms with van der Waals surface area (Å²) in [4.78, 5) is 10.8. The fourth-order valence-electron chi connectivity index (χ4n) is 4.07. The van der Waals surface area contributed by atoms with Gasteiger partial charge in [-0.15, -0.1) is 0 Å². The van der Waals surface area contributed by atoms with Gasteiger partial charge in [-0.1, -0.05) is 12.8 Å². The van der Waals surface area contributed by atoms with Crippen LogP contribution in [0.2, 0.25) is 0 Å². The molecule has 0 aromatic rings. The standard InChI is InChI=1S/C16H27FO/c17-11-1-2-13-3-7-15(8-4-13)16-9-5-14(12-18)6-10-16/h12-16H,1-11H2. The van der Waals surface area contributed by atoms with E-state index in [1.807, 2.05) is 0 Å². The van der Waals surface area contributed by atoms with Crippen molar-refractivity contribution in [3.8, 4) is 0 Å². The van der Waals surface area contributed by atoms with E-state index in [1.54, 1.807) is 0 Å². The molecule has 0 heterocycles. The van der Waals surface area contributed by atoms with Crippen molar-refractivity contribution in [1.29, 1.82) is 0 Å². The zero-order chi connectivity index (χ0) is 12.8. The highest BCUT2D eigenvalue weighted by atomic mass is 19.1. The SMILES string of the molecule is O=CC1CCC(C2CCC(CCCF)CC2)CC1. The van der Waals surface area contributed by atoms with Crippen molar-refractivity contribution in [2.45, 2.75) is 64.2 Å². The van der Waals surface area contributed by atoms with Crippen LogP contribution < -0.4 is 0 Å². The van der Waals surface area contributed by atoms with E-state index in [-0.39, 0.29) is 6.67 Å². The summed E-state index contributed by atoms with van der Waals surface area (Å²) in [6.45, 7) is -0.143. The Kier molecular flexibility index (Phi) is 5.65. The summed E-state index contributed by atoms with van der Waals surface area (Å²) >= 11 is 0. The van der Waals surface area contributed by atoms with Gasteiger partial charge in [-0.25, -0.2) is 0 Å². The van der Waals surface area contributed by atoms with E-state index < -0.39 is 0 Å². The maximum absolute atomic E-state index is 12.2. The Morgan fingerprint density at radius 3 is 1.94 bits per heavy atom. The molecule has 0 aliphatic heterocycles. The first kappa shape index (κ1) is 14.0. The molecular weight excluding hydrogens is 227 g/mol. The van der Waals surface area contributed by atoms with Crippen LogP contribution in [0.15, 0.2) is 0 Å². The number of alkyl halides is 1. The van der Waals surface area contributed by atoms with E-state index in [4.69, 9.17) is 0 Å². The van der Waals surface area contributed by atoms with E-state index in [0.717, 1.165) is 49.7 Å². The van der Waals surface area contributed by atoms with E-state index in [2.05, 4.69) is 0 Å². The van der Waals surface area contributed by atoms with Gasteiger partial charge in [0.15, 0.2) is 0 Å². The Bertz CT molecular complexity index is 237. The van der Waals surface area contributed by atoms with Gasteiger partial charge in [0.05, 0.1) is 6.67 Å². The van der Waals surface area contributed by atoms with E-state index >= 15 is 0 Å². The molecule has 2 aliphatic rings. The van der Waals surface area contributed by atoms with Crippen LogP contribution in [0.3, 0.4) is 0 Å². The van der Waals surface area contributed by atoms with E-state index in [9.17, 15) is 9.18 Å². The van der Waals surface area contributed by atoms with Crippen LogP contribution in [-0.4, -0.2) is 13.0 Å². The summed E-state index contributed by atoms with van der Waals surface area (Å²) in [6, 6.07) is 0. The summed E-state index contributed by atoms with van der Waals surface area (Å²) in [5.74, 6) is 2.92. The molecule has 0 saturated heterocycles. The van der Waals surface area contributed by atoms with Gasteiger partial charge in [0.25, 0.3) is 0 Å². The minimum Gasteiger partial charge on any atom is -0.303 e. The molecule has 0 spiro atoms. The third-order valence-electron chi connectivity index (χ3n) is 5.31. The fourth-order valence-corrected chi connectivity index (χ4v) is 4.07. The third-order valence-corrected chi connectivity index (χ3v) is 5.31. The molecular formula is C16H27FO. The molecule has 2 aliphatic carbocycles. The molecule has 0 aromatic carbocycles. The normalized spacial score (nSPS) is 37.4. The van der Waals surface area contributed by atoms with Crippen LogP contribution in [0, 0.1) is 23.7 Å². The lowest BCUT2D eigenvalue weighted by atomic mass is 9.69. The lowest BCUT2D eigenvalue weighted by Crippen LogP contribution is -2.26. The molecule has 2 saturated carbocycles. The number of hydrogen-bond donors (Lipinski definition) is 0. The first-order valence-electron chi connectivity index (χ1n) is 7.84. The average molecular weight is 254 g/mol. The number of hydrogen-bond acceptors (Lipinski definition) is 1. The Hall–Kier alpha value is -0.400. The molecule has 2 heteroatoms. The molecule has 104 valence electrons. The molecule has 1 nitrogen and oxygen atoms in total. The van der Waals surface area contributed by atoms with Crippen molar-refractivity contribution in [3.63, 3.8) is 0 Å². The van der Waals surface area contributed by atoms with Crippen molar-refractivity contribution in [1.82, 2.24) is 0 Å². The largest absolute Gasteiger partial charge is 0.303 e. The average Bonchev–Trinajstić information content (AvgIpc) is 2.46. The van der Waals surface area contributed by atoms with Crippen molar-refractivity contribution in [3.05, 3.63) is 0 Å². The zero-order valence-electron chi connectivity index (χ0n) is 11.5. The van der Waals surface area contributed by atoms with Crippen molar-refractivity contribution < 1.29 is 9.18 Å². The fraction of sp³-hybridized carbons (Fsp3) is 0.938. The smallest absolute Gasteiger partial charge is 0.123 e. The number of halogens is 1. The molecule has 2 rings (SSSR count). The Balaban J connectivity index is 1.68. The minimum atomic E-state index is -0.143. The highest BCUT2D eigenvalue weighted by Crippen LogP contribution is 2.41. The number of carbonyl (C=O) groups is 1. The van der Waals surface area contributed by atoms with Gasteiger partial charge >= 0.3 is 0 Å². The van der Waals surface area contributed by atoms with Crippen molar-refractivity contribution in [2.75, 3.05) is 6.67 Å². The second kappa shape index (κ2) is 7.25. The monoisotopic (exact) mass is 254 g/mol. The summed E-state index contributed by atoms with van der Waals surface area (Å²) in [5, 5.41) is 0. The van der Waals surface area contributed by atoms with Crippen LogP contribution in [0.1, 0.15) is 64.2 Å². The summed E-state index contributed by atoms with van der Waals surface area (Å²) in [6.07, 6.45) is 13.1. The van der Waals surface area contributed by atoms with Gasteiger partial charge in [0, 0.05) is 5.92 Å². The quantitative estimate of drug-likeness (QED) is 0.658. The van der Waals surface area contributed by atoms with Crippen LogP contribution in [0.5, 0.6) is 0 Å². The van der Waals surface area contributed by atoms with Crippen LogP contribution in [0.4, 0.5) is 4.39 Å². The Morgan fingerprint density at radius 2 is 1.44 bits per heavy atom. The van der Waals surface area contributed by atoms with Gasteiger partial charge in [-0.05, 0) is 69.1 Å². The van der Waals surface area contributed by atoms with Gasteiger partial charge in [0.2, 0.25) is 0 Å². The molecule has 0 N–H and O–H groups in total. The first-order chi connectivity index (χ1) is 8.83. The van der Waals surface area contributed by atoms with Gasteiger partial charge < -0.3 is 4.79 Å². The van der Waals surface area contributed by atoms with Gasteiger partial charge in [0.1, 0.15) is 6.29 Å². The zero-order valence-corrected chi connectivity index (χ0v) is 11.5. The predicted molar refractivity (Wildman–Crippen MR) is 72.2 cm³/mol. The maximum atomic E-state index is 12.2. The molecule has 18 heavy (non-hydrogen) atoms. The summed E-state index contributed by atoms with van der Waals surface area (Å²) in [7, 11) is 0. The molecule has 2 fully saturated rings. The van der Waals surface area contributed by atoms with Crippen molar-refractivity contribution >= 4 is 6.29 Å². The topological polar surface area (TPSA) is 17.1 Å². The van der Waals surface area contributed by atoms with Crippen LogP contribution in [0.25, 0.3) is 0 Å². The molecule has 0 amide bonds. The third kappa shape index (κ3) is 3.80. The lowest BCUT2D eigenvalue weighted by Gasteiger charge is -2.37. The Morgan fingerprint density at radius 1 is 0.889 bits per heavy atom. The van der Waals surface area contributed by atoms with Crippen LogP contribution in [-0.2, 0) is 4.79 Å². The Labute approximate surface area is 111 Å². The van der Waals surface area contributed by atoms with Gasteiger partial charge in [-0.2, -0.15) is 0 Å². The van der Waals surface area contributed by atoms with E-state index in [0.29, 0.717) is 5.92 Å². The molecule has 0 radical (unpaired) electrons. The first-order valence-corrected chi connectivity index (χ1v) is 7.84. The van der Waals surface area contributed by atoms with Crippen LogP contribution >= 0.6 is 0 Å². The number of carbonyl (C=O) groups excluding carboxylic acids is 1. The molecule has 0 bridgehead atoms. The summed E-state index contributed by atoms with van der Waals surface area (Å²) < 4.78 is 12.2.